The topological polar surface area (TPSA) is 88.9 Å². The predicted molar refractivity (Wildman–Crippen MR) is 107 cm³/mol. The lowest BCUT2D eigenvalue weighted by molar-refractivity contribution is 0.0729. The van der Waals surface area contributed by atoms with Crippen LogP contribution in [0.2, 0.25) is 0 Å². The van der Waals surface area contributed by atoms with Crippen molar-refractivity contribution in [2.45, 2.75) is 18.9 Å². The molecule has 1 fully saturated rings. The smallest absolute Gasteiger partial charge is 0.256 e. The molecule has 9 heteroatoms. The Morgan fingerprint density at radius 2 is 2.03 bits per heavy atom. The van der Waals surface area contributed by atoms with Crippen molar-refractivity contribution in [2.24, 2.45) is 0 Å². The van der Waals surface area contributed by atoms with E-state index in [2.05, 4.69) is 20.2 Å². The molecule has 1 atom stereocenters. The van der Waals surface area contributed by atoms with Crippen LogP contribution in [-0.4, -0.2) is 49.4 Å². The van der Waals surface area contributed by atoms with Crippen LogP contribution in [-0.2, 0) is 0 Å². The van der Waals surface area contributed by atoms with E-state index in [9.17, 15) is 9.18 Å². The fourth-order valence-corrected chi connectivity index (χ4v) is 3.94. The number of hydrogen-bond donors (Lipinski definition) is 1. The van der Waals surface area contributed by atoms with Gasteiger partial charge in [-0.15, -0.1) is 0 Å². The van der Waals surface area contributed by atoms with Gasteiger partial charge in [0.15, 0.2) is 0 Å². The number of carbonyl (C=O) groups excluding carboxylic acids is 1. The molecule has 5 rings (SSSR count). The SMILES string of the molecule is COc1ccc2nc(C3CCCN3C(=O)c3cc(F)ccc3-n3nccn3)[nH]c2c1. The fourth-order valence-electron chi connectivity index (χ4n) is 3.94. The van der Waals surface area contributed by atoms with Crippen LogP contribution in [0.3, 0.4) is 0 Å². The number of nitrogens with one attached hydrogen (secondary N) is 1. The molecule has 0 bridgehead atoms. The van der Waals surface area contributed by atoms with Crippen molar-refractivity contribution < 1.29 is 13.9 Å². The molecule has 30 heavy (non-hydrogen) atoms. The maximum atomic E-state index is 14.0. The molecule has 0 spiro atoms. The van der Waals surface area contributed by atoms with E-state index in [4.69, 9.17) is 4.74 Å². The number of ether oxygens (including phenoxy) is 1. The number of halogens is 1. The normalized spacial score (nSPS) is 16.3. The maximum absolute atomic E-state index is 14.0. The summed E-state index contributed by atoms with van der Waals surface area (Å²) in [6, 6.07) is 9.42. The van der Waals surface area contributed by atoms with E-state index < -0.39 is 5.82 Å². The van der Waals surface area contributed by atoms with E-state index in [1.165, 1.54) is 35.4 Å². The van der Waals surface area contributed by atoms with Crippen molar-refractivity contribution in [1.29, 1.82) is 0 Å². The third-order valence-corrected chi connectivity index (χ3v) is 5.36. The molecule has 2 aromatic carbocycles. The Balaban J connectivity index is 1.51. The molecule has 1 N–H and O–H groups in total. The molecule has 1 aliphatic heterocycles. The molecule has 8 nitrogen and oxygen atoms in total. The van der Waals surface area contributed by atoms with E-state index in [1.54, 1.807) is 12.0 Å². The number of likely N-dealkylation sites (tertiary alicyclic amines) is 1. The molecule has 1 unspecified atom stereocenters. The van der Waals surface area contributed by atoms with Gasteiger partial charge in [-0.05, 0) is 43.2 Å². The number of aromatic nitrogens is 5. The average molecular weight is 406 g/mol. The van der Waals surface area contributed by atoms with E-state index in [1.807, 2.05) is 18.2 Å². The van der Waals surface area contributed by atoms with Crippen molar-refractivity contribution >= 4 is 16.9 Å². The lowest BCUT2D eigenvalue weighted by Gasteiger charge is -2.24. The van der Waals surface area contributed by atoms with Crippen LogP contribution in [0.4, 0.5) is 4.39 Å². The summed E-state index contributed by atoms with van der Waals surface area (Å²) in [5.41, 5.74) is 2.30. The first-order valence-corrected chi connectivity index (χ1v) is 9.65. The van der Waals surface area contributed by atoms with Gasteiger partial charge in [-0.2, -0.15) is 15.0 Å². The van der Waals surface area contributed by atoms with Gasteiger partial charge in [0.25, 0.3) is 5.91 Å². The highest BCUT2D eigenvalue weighted by Gasteiger charge is 2.34. The van der Waals surface area contributed by atoms with Crippen molar-refractivity contribution in [2.75, 3.05) is 13.7 Å². The zero-order valence-corrected chi connectivity index (χ0v) is 16.2. The van der Waals surface area contributed by atoms with Crippen molar-refractivity contribution in [1.82, 2.24) is 29.9 Å². The summed E-state index contributed by atoms with van der Waals surface area (Å²) < 4.78 is 19.3. The lowest BCUT2D eigenvalue weighted by Crippen LogP contribution is -2.32. The Morgan fingerprint density at radius 1 is 1.20 bits per heavy atom. The van der Waals surface area contributed by atoms with Crippen molar-refractivity contribution in [3.05, 3.63) is 66.0 Å². The molecule has 152 valence electrons. The van der Waals surface area contributed by atoms with Gasteiger partial charge in [0.05, 0.1) is 47.8 Å². The van der Waals surface area contributed by atoms with Gasteiger partial charge in [-0.1, -0.05) is 0 Å². The van der Waals surface area contributed by atoms with Gasteiger partial charge < -0.3 is 14.6 Å². The highest BCUT2D eigenvalue weighted by Crippen LogP contribution is 2.34. The molecule has 4 aromatic rings. The van der Waals surface area contributed by atoms with Gasteiger partial charge in [-0.3, -0.25) is 4.79 Å². The standard InChI is InChI=1S/C21H19FN6O2/c1-30-14-5-6-16-17(12-14)26-20(25-16)19-3-2-10-27(19)21(29)15-11-13(22)4-7-18(15)28-23-8-9-24-28/h4-9,11-12,19H,2-3,10H2,1H3,(H,25,26). The van der Waals surface area contributed by atoms with Gasteiger partial charge in [-0.25, -0.2) is 9.37 Å². The Bertz CT molecular complexity index is 1220. The van der Waals surface area contributed by atoms with Crippen LogP contribution < -0.4 is 4.74 Å². The second-order valence-electron chi connectivity index (χ2n) is 7.14. The Kier molecular flexibility index (Phi) is 4.42. The second kappa shape index (κ2) is 7.25. The first kappa shape index (κ1) is 18.3. The van der Waals surface area contributed by atoms with Crippen LogP contribution in [0.1, 0.15) is 35.1 Å². The van der Waals surface area contributed by atoms with Crippen LogP contribution in [0.25, 0.3) is 16.7 Å². The number of aromatic amines is 1. The summed E-state index contributed by atoms with van der Waals surface area (Å²) >= 11 is 0. The van der Waals surface area contributed by atoms with Crippen LogP contribution in [0.15, 0.2) is 48.8 Å². The maximum Gasteiger partial charge on any atom is 0.256 e. The number of imidazole rings is 1. The largest absolute Gasteiger partial charge is 0.497 e. The minimum Gasteiger partial charge on any atom is -0.497 e. The predicted octanol–water partition coefficient (Wildman–Crippen LogP) is 3.27. The molecule has 0 aliphatic carbocycles. The summed E-state index contributed by atoms with van der Waals surface area (Å²) in [5.74, 6) is 0.677. The second-order valence-corrected chi connectivity index (χ2v) is 7.14. The van der Waals surface area contributed by atoms with E-state index in [0.29, 0.717) is 18.1 Å². The Hall–Kier alpha value is -3.75. The highest BCUT2D eigenvalue weighted by atomic mass is 19.1. The molecule has 3 heterocycles. The van der Waals surface area contributed by atoms with E-state index in [0.717, 1.165) is 29.6 Å². The first-order chi connectivity index (χ1) is 14.6. The third-order valence-electron chi connectivity index (χ3n) is 5.36. The average Bonchev–Trinajstić information content (AvgIpc) is 3.52. The lowest BCUT2D eigenvalue weighted by atomic mass is 10.1. The quantitative estimate of drug-likeness (QED) is 0.562. The van der Waals surface area contributed by atoms with Crippen molar-refractivity contribution in [3.63, 3.8) is 0 Å². The van der Waals surface area contributed by atoms with Crippen LogP contribution in [0.5, 0.6) is 5.75 Å². The molecular formula is C21H19FN6O2. The number of amides is 1. The number of H-pyrrole nitrogens is 1. The van der Waals surface area contributed by atoms with Gasteiger partial charge >= 0.3 is 0 Å². The molecule has 0 saturated carbocycles. The number of methoxy groups -OCH3 is 1. The highest BCUT2D eigenvalue weighted by molar-refractivity contribution is 5.98. The summed E-state index contributed by atoms with van der Waals surface area (Å²) in [6.45, 7) is 0.562. The molecule has 0 radical (unpaired) electrons. The zero-order chi connectivity index (χ0) is 20.7. The third kappa shape index (κ3) is 3.08. The molecule has 1 amide bonds. The minimum absolute atomic E-state index is 0.218. The van der Waals surface area contributed by atoms with Gasteiger partial charge in [0.1, 0.15) is 17.4 Å². The number of benzene rings is 2. The summed E-state index contributed by atoms with van der Waals surface area (Å²) in [7, 11) is 1.61. The van der Waals surface area contributed by atoms with Gasteiger partial charge in [0.2, 0.25) is 0 Å². The number of hydrogen-bond acceptors (Lipinski definition) is 5. The van der Waals surface area contributed by atoms with Crippen molar-refractivity contribution in [3.8, 4) is 11.4 Å². The first-order valence-electron chi connectivity index (χ1n) is 9.65. The van der Waals surface area contributed by atoms with E-state index >= 15 is 0 Å². The molecule has 1 saturated heterocycles. The summed E-state index contributed by atoms with van der Waals surface area (Å²) in [4.78, 5) is 24.5. The number of carbonyl (C=O) groups is 1. The Morgan fingerprint density at radius 3 is 2.83 bits per heavy atom. The number of fused-ring (bicyclic) bond motifs is 1. The fraction of sp³-hybridized carbons (Fsp3) is 0.238. The molecule has 1 aliphatic rings. The molecular weight excluding hydrogens is 387 g/mol. The number of nitrogens with zero attached hydrogens (tertiary/aromatic N) is 5. The monoisotopic (exact) mass is 406 g/mol. The molecule has 2 aromatic heterocycles. The minimum atomic E-state index is -0.485. The van der Waals surface area contributed by atoms with Gasteiger partial charge in [0, 0.05) is 12.6 Å². The van der Waals surface area contributed by atoms with Crippen LogP contribution >= 0.6 is 0 Å². The van der Waals surface area contributed by atoms with Crippen LogP contribution in [0, 0.1) is 5.82 Å². The summed E-state index contributed by atoms with van der Waals surface area (Å²) in [5, 5.41) is 8.18. The summed E-state index contributed by atoms with van der Waals surface area (Å²) in [6.07, 6.45) is 4.63. The number of rotatable bonds is 4. The Labute approximate surface area is 171 Å². The zero-order valence-electron chi connectivity index (χ0n) is 16.2. The van der Waals surface area contributed by atoms with E-state index in [-0.39, 0.29) is 17.5 Å².